The van der Waals surface area contributed by atoms with Crippen LogP contribution in [0.4, 0.5) is 0 Å². The Labute approximate surface area is 130 Å². The zero-order valence-corrected chi connectivity index (χ0v) is 12.8. The lowest BCUT2D eigenvalue weighted by Gasteiger charge is -1.95. The third-order valence-electron chi connectivity index (χ3n) is 2.83. The minimum absolute atomic E-state index is 0.456. The molecule has 0 spiro atoms. The van der Waals surface area contributed by atoms with E-state index in [1.54, 1.807) is 12.4 Å². The van der Waals surface area contributed by atoms with Crippen LogP contribution < -0.4 is 0 Å². The van der Waals surface area contributed by atoms with Gasteiger partial charge in [0.15, 0.2) is 0 Å². The summed E-state index contributed by atoms with van der Waals surface area (Å²) in [6, 6.07) is 9.80. The van der Waals surface area contributed by atoms with Gasteiger partial charge in [0.1, 0.15) is 11.5 Å². The maximum Gasteiger partial charge on any atom is 0.205 e. The van der Waals surface area contributed by atoms with Crippen LogP contribution in [0.1, 0.15) is 17.1 Å². The Morgan fingerprint density at radius 1 is 1.05 bits per heavy atom. The van der Waals surface area contributed by atoms with E-state index in [0.717, 1.165) is 21.3 Å². The summed E-state index contributed by atoms with van der Waals surface area (Å²) in [6.07, 6.45) is 3.32. The molecule has 0 aliphatic rings. The molecule has 0 radical (unpaired) electrons. The normalized spacial score (nSPS) is 10.0. The minimum atomic E-state index is 0.456. The van der Waals surface area contributed by atoms with Gasteiger partial charge in [0.05, 0.1) is 10.0 Å². The van der Waals surface area contributed by atoms with Gasteiger partial charge >= 0.3 is 0 Å². The zero-order valence-electron chi connectivity index (χ0n) is 11.2. The van der Waals surface area contributed by atoms with Crippen LogP contribution >= 0.6 is 15.9 Å². The van der Waals surface area contributed by atoms with Crippen LogP contribution in [0, 0.1) is 18.8 Å². The molecule has 21 heavy (non-hydrogen) atoms. The Balaban J connectivity index is 2.01. The van der Waals surface area contributed by atoms with E-state index in [-0.39, 0.29) is 0 Å². The minimum Gasteiger partial charge on any atom is -0.360 e. The van der Waals surface area contributed by atoms with Crippen molar-refractivity contribution in [2.75, 3.05) is 0 Å². The summed E-state index contributed by atoms with van der Waals surface area (Å²) >= 11 is 3.29. The van der Waals surface area contributed by atoms with Gasteiger partial charge in [-0.2, -0.15) is 0 Å². The summed E-state index contributed by atoms with van der Waals surface area (Å²) in [5, 5.41) is 4.09. The zero-order chi connectivity index (χ0) is 14.7. The van der Waals surface area contributed by atoms with Crippen molar-refractivity contribution >= 4 is 15.9 Å². The Kier molecular flexibility index (Phi) is 3.80. The average molecular weight is 340 g/mol. The topological polar surface area (TPSA) is 51.8 Å². The van der Waals surface area contributed by atoms with Crippen LogP contribution in [-0.2, 0) is 0 Å². The van der Waals surface area contributed by atoms with Gasteiger partial charge in [0.2, 0.25) is 5.82 Å². The molecule has 0 atom stereocenters. The SMILES string of the molecule is Cc1onc(-c2ccccc2)c1C#Cc1ncc(Br)cn1. The number of hydrogen-bond acceptors (Lipinski definition) is 4. The second-order valence-corrected chi connectivity index (χ2v) is 5.22. The molecule has 2 aromatic heterocycles. The fourth-order valence-corrected chi connectivity index (χ4v) is 2.01. The Hall–Kier alpha value is -2.45. The van der Waals surface area contributed by atoms with Crippen molar-refractivity contribution in [3.8, 4) is 23.1 Å². The van der Waals surface area contributed by atoms with Crippen molar-refractivity contribution in [1.29, 1.82) is 0 Å². The predicted molar refractivity (Wildman–Crippen MR) is 82.4 cm³/mol. The van der Waals surface area contributed by atoms with E-state index in [0.29, 0.717) is 11.6 Å². The van der Waals surface area contributed by atoms with Gasteiger partial charge in [-0.3, -0.25) is 0 Å². The van der Waals surface area contributed by atoms with E-state index in [2.05, 4.69) is 42.9 Å². The van der Waals surface area contributed by atoms with Crippen LogP contribution in [0.25, 0.3) is 11.3 Å². The van der Waals surface area contributed by atoms with E-state index in [1.807, 2.05) is 37.3 Å². The van der Waals surface area contributed by atoms with Crippen LogP contribution in [0.5, 0.6) is 0 Å². The molecule has 102 valence electrons. The van der Waals surface area contributed by atoms with Crippen molar-refractivity contribution in [3.05, 3.63) is 64.3 Å². The highest BCUT2D eigenvalue weighted by Gasteiger charge is 2.12. The number of nitrogens with zero attached hydrogens (tertiary/aromatic N) is 3. The highest BCUT2D eigenvalue weighted by Crippen LogP contribution is 2.24. The molecule has 0 aliphatic heterocycles. The number of halogens is 1. The first kappa shape index (κ1) is 13.5. The quantitative estimate of drug-likeness (QED) is 0.635. The first-order valence-corrected chi connectivity index (χ1v) is 7.04. The Morgan fingerprint density at radius 2 is 1.76 bits per heavy atom. The van der Waals surface area contributed by atoms with Crippen LogP contribution in [0.15, 0.2) is 51.7 Å². The largest absolute Gasteiger partial charge is 0.360 e. The molecule has 3 aromatic rings. The van der Waals surface area contributed by atoms with E-state index < -0.39 is 0 Å². The average Bonchev–Trinajstić information content (AvgIpc) is 2.89. The molecule has 0 fully saturated rings. The molecule has 4 nitrogen and oxygen atoms in total. The maximum absolute atomic E-state index is 5.26. The first-order valence-electron chi connectivity index (χ1n) is 6.25. The van der Waals surface area contributed by atoms with Gasteiger partial charge in [0.25, 0.3) is 0 Å². The highest BCUT2D eigenvalue weighted by molar-refractivity contribution is 9.10. The number of rotatable bonds is 1. The third kappa shape index (κ3) is 3.01. The molecule has 0 bridgehead atoms. The van der Waals surface area contributed by atoms with Crippen molar-refractivity contribution in [1.82, 2.24) is 15.1 Å². The number of aryl methyl sites for hydroxylation is 1. The summed E-state index contributed by atoms with van der Waals surface area (Å²) in [4.78, 5) is 8.25. The van der Waals surface area contributed by atoms with E-state index >= 15 is 0 Å². The fraction of sp³-hybridized carbons (Fsp3) is 0.0625. The second-order valence-electron chi connectivity index (χ2n) is 4.30. The summed E-state index contributed by atoms with van der Waals surface area (Å²) < 4.78 is 6.08. The smallest absolute Gasteiger partial charge is 0.205 e. The van der Waals surface area contributed by atoms with Crippen molar-refractivity contribution in [2.45, 2.75) is 6.92 Å². The van der Waals surface area contributed by atoms with Crippen molar-refractivity contribution in [2.24, 2.45) is 0 Å². The lowest BCUT2D eigenvalue weighted by Crippen LogP contribution is -1.88. The predicted octanol–water partition coefficient (Wildman–Crippen LogP) is 3.60. The molecule has 0 saturated heterocycles. The molecule has 0 amide bonds. The lowest BCUT2D eigenvalue weighted by molar-refractivity contribution is 0.399. The van der Waals surface area contributed by atoms with Crippen LogP contribution in [0.2, 0.25) is 0 Å². The summed E-state index contributed by atoms with van der Waals surface area (Å²) in [6.45, 7) is 1.84. The Morgan fingerprint density at radius 3 is 2.48 bits per heavy atom. The number of aromatic nitrogens is 3. The molecular weight excluding hydrogens is 330 g/mol. The Bertz CT molecular complexity index is 814. The number of benzene rings is 1. The van der Waals surface area contributed by atoms with E-state index in [9.17, 15) is 0 Å². The molecular formula is C16H10BrN3O. The van der Waals surface area contributed by atoms with Crippen molar-refractivity contribution in [3.63, 3.8) is 0 Å². The highest BCUT2D eigenvalue weighted by atomic mass is 79.9. The van der Waals surface area contributed by atoms with E-state index in [1.165, 1.54) is 0 Å². The van der Waals surface area contributed by atoms with Crippen molar-refractivity contribution < 1.29 is 4.52 Å². The summed E-state index contributed by atoms with van der Waals surface area (Å²) in [5.41, 5.74) is 2.46. The van der Waals surface area contributed by atoms with Gasteiger partial charge in [-0.05, 0) is 28.8 Å². The summed E-state index contributed by atoms with van der Waals surface area (Å²) in [7, 11) is 0. The summed E-state index contributed by atoms with van der Waals surface area (Å²) in [5.74, 6) is 7.12. The maximum atomic E-state index is 5.26. The standard InChI is InChI=1S/C16H10BrN3O/c1-11-14(7-8-15-18-9-13(17)10-19-15)16(20-21-11)12-5-3-2-4-6-12/h2-6,9-10H,1H3. The first-order chi connectivity index (χ1) is 10.2. The van der Waals surface area contributed by atoms with Gasteiger partial charge in [-0.15, -0.1) is 0 Å². The van der Waals surface area contributed by atoms with Gasteiger partial charge in [0, 0.05) is 18.0 Å². The number of hydrogen-bond donors (Lipinski definition) is 0. The van der Waals surface area contributed by atoms with E-state index in [4.69, 9.17) is 4.52 Å². The fourth-order valence-electron chi connectivity index (χ4n) is 1.81. The molecule has 2 heterocycles. The third-order valence-corrected chi connectivity index (χ3v) is 3.24. The monoisotopic (exact) mass is 339 g/mol. The molecule has 0 unspecified atom stereocenters. The molecule has 0 saturated carbocycles. The van der Waals surface area contributed by atoms with Gasteiger partial charge < -0.3 is 4.52 Å². The van der Waals surface area contributed by atoms with Crippen LogP contribution in [0.3, 0.4) is 0 Å². The molecule has 0 N–H and O–H groups in total. The molecule has 1 aromatic carbocycles. The van der Waals surface area contributed by atoms with Gasteiger partial charge in [-0.1, -0.05) is 41.4 Å². The van der Waals surface area contributed by atoms with Gasteiger partial charge in [-0.25, -0.2) is 9.97 Å². The molecule has 5 heteroatoms. The van der Waals surface area contributed by atoms with Crippen LogP contribution in [-0.4, -0.2) is 15.1 Å². The lowest BCUT2D eigenvalue weighted by atomic mass is 10.1. The second kappa shape index (κ2) is 5.90. The molecule has 3 rings (SSSR count). The molecule has 0 aliphatic carbocycles.